The van der Waals surface area contributed by atoms with Crippen molar-refractivity contribution in [3.05, 3.63) is 12.0 Å². The summed E-state index contributed by atoms with van der Waals surface area (Å²) in [6, 6.07) is 0.438. The van der Waals surface area contributed by atoms with Gasteiger partial charge in [0.15, 0.2) is 0 Å². The Morgan fingerprint density at radius 1 is 1.44 bits per heavy atom. The maximum absolute atomic E-state index is 5.57. The van der Waals surface area contributed by atoms with E-state index in [4.69, 9.17) is 13.9 Å². The summed E-state index contributed by atoms with van der Waals surface area (Å²) in [7, 11) is 0. The molecule has 102 valence electrons. The average Bonchev–Trinajstić information content (AvgIpc) is 2.83. The van der Waals surface area contributed by atoms with Crippen molar-refractivity contribution in [2.45, 2.75) is 39.3 Å². The monoisotopic (exact) mass is 254 g/mol. The first-order valence-electron chi connectivity index (χ1n) is 6.62. The fourth-order valence-electron chi connectivity index (χ4n) is 1.85. The van der Waals surface area contributed by atoms with Crippen molar-refractivity contribution in [1.29, 1.82) is 0 Å². The molecule has 0 unspecified atom stereocenters. The van der Waals surface area contributed by atoms with E-state index < -0.39 is 0 Å². The van der Waals surface area contributed by atoms with Crippen molar-refractivity contribution < 1.29 is 13.9 Å². The van der Waals surface area contributed by atoms with Crippen LogP contribution in [0.2, 0.25) is 0 Å². The lowest BCUT2D eigenvalue weighted by Gasteiger charge is -2.20. The standard InChI is InChI=1S/C13H22N2O3/c1-10(2)14-7-12-9-18-13(15-12)17-8-11-3-5-16-6-4-11/h9-11,14H,3-8H2,1-2H3. The van der Waals surface area contributed by atoms with Crippen LogP contribution in [0.1, 0.15) is 32.4 Å². The predicted octanol–water partition coefficient (Wildman–Crippen LogP) is 1.98. The van der Waals surface area contributed by atoms with E-state index in [9.17, 15) is 0 Å². The summed E-state index contributed by atoms with van der Waals surface area (Å²) >= 11 is 0. The first-order chi connectivity index (χ1) is 8.74. The molecule has 1 aliphatic heterocycles. The van der Waals surface area contributed by atoms with Gasteiger partial charge < -0.3 is 19.2 Å². The van der Waals surface area contributed by atoms with Crippen molar-refractivity contribution in [2.24, 2.45) is 5.92 Å². The van der Waals surface area contributed by atoms with Gasteiger partial charge in [-0.05, 0) is 18.8 Å². The van der Waals surface area contributed by atoms with Gasteiger partial charge in [-0.15, -0.1) is 0 Å². The lowest BCUT2D eigenvalue weighted by Crippen LogP contribution is -2.22. The molecular formula is C13H22N2O3. The van der Waals surface area contributed by atoms with E-state index in [1.54, 1.807) is 6.26 Å². The second-order valence-corrected chi connectivity index (χ2v) is 5.01. The van der Waals surface area contributed by atoms with Gasteiger partial charge in [-0.1, -0.05) is 13.8 Å². The Kier molecular flexibility index (Phi) is 5.01. The van der Waals surface area contributed by atoms with Crippen LogP contribution in [0.3, 0.4) is 0 Å². The van der Waals surface area contributed by atoms with E-state index in [0.29, 0.717) is 31.2 Å². The lowest BCUT2D eigenvalue weighted by atomic mass is 10.0. The van der Waals surface area contributed by atoms with Crippen LogP contribution in [-0.4, -0.2) is 30.8 Å². The van der Waals surface area contributed by atoms with Gasteiger partial charge in [0.1, 0.15) is 6.26 Å². The molecule has 0 spiro atoms. The number of hydrogen-bond donors (Lipinski definition) is 1. The number of nitrogens with zero attached hydrogens (tertiary/aromatic N) is 1. The van der Waals surface area contributed by atoms with E-state index >= 15 is 0 Å². The second-order valence-electron chi connectivity index (χ2n) is 5.01. The lowest BCUT2D eigenvalue weighted by molar-refractivity contribution is 0.0445. The molecule has 0 atom stereocenters. The summed E-state index contributed by atoms with van der Waals surface area (Å²) in [5.74, 6) is 0.558. The number of aromatic nitrogens is 1. The largest absolute Gasteiger partial charge is 0.450 e. The first-order valence-corrected chi connectivity index (χ1v) is 6.62. The number of oxazole rings is 1. The molecule has 1 saturated heterocycles. The highest BCUT2D eigenvalue weighted by molar-refractivity contribution is 4.99. The molecule has 1 aliphatic rings. The van der Waals surface area contributed by atoms with Gasteiger partial charge in [0.25, 0.3) is 0 Å². The van der Waals surface area contributed by atoms with Crippen LogP contribution in [0, 0.1) is 5.92 Å². The van der Waals surface area contributed by atoms with Crippen LogP contribution in [0.5, 0.6) is 6.08 Å². The van der Waals surface area contributed by atoms with E-state index in [-0.39, 0.29) is 0 Å². The fraction of sp³-hybridized carbons (Fsp3) is 0.769. The Bertz CT molecular complexity index is 346. The molecule has 5 heteroatoms. The molecule has 18 heavy (non-hydrogen) atoms. The summed E-state index contributed by atoms with van der Waals surface area (Å²) in [5.41, 5.74) is 0.880. The summed E-state index contributed by atoms with van der Waals surface area (Å²) in [4.78, 5) is 4.28. The molecule has 0 bridgehead atoms. The molecule has 0 saturated carbocycles. The predicted molar refractivity (Wildman–Crippen MR) is 67.5 cm³/mol. The third-order valence-electron chi connectivity index (χ3n) is 3.01. The van der Waals surface area contributed by atoms with E-state index in [1.807, 2.05) is 0 Å². The number of ether oxygens (including phenoxy) is 2. The summed E-state index contributed by atoms with van der Waals surface area (Å²) in [5, 5.41) is 3.29. The van der Waals surface area contributed by atoms with E-state index in [0.717, 1.165) is 31.7 Å². The van der Waals surface area contributed by atoms with E-state index in [2.05, 4.69) is 24.1 Å². The smallest absolute Gasteiger partial charge is 0.393 e. The van der Waals surface area contributed by atoms with Crippen LogP contribution in [0.4, 0.5) is 0 Å². The maximum atomic E-state index is 5.57. The zero-order chi connectivity index (χ0) is 12.8. The number of hydrogen-bond acceptors (Lipinski definition) is 5. The van der Waals surface area contributed by atoms with Crippen molar-refractivity contribution in [3.63, 3.8) is 0 Å². The van der Waals surface area contributed by atoms with Crippen LogP contribution in [0.15, 0.2) is 10.7 Å². The number of rotatable bonds is 6. The molecule has 1 N–H and O–H groups in total. The molecular weight excluding hydrogens is 232 g/mol. The highest BCUT2D eigenvalue weighted by Crippen LogP contribution is 2.17. The molecule has 1 fully saturated rings. The molecule has 1 aromatic heterocycles. The molecule has 1 aromatic rings. The summed E-state index contributed by atoms with van der Waals surface area (Å²) < 4.78 is 16.2. The normalized spacial score (nSPS) is 17.3. The Morgan fingerprint density at radius 2 is 2.22 bits per heavy atom. The van der Waals surface area contributed by atoms with Gasteiger partial charge >= 0.3 is 6.08 Å². The van der Waals surface area contributed by atoms with Gasteiger partial charge in [0.2, 0.25) is 0 Å². The molecule has 2 heterocycles. The summed E-state index contributed by atoms with van der Waals surface area (Å²) in [6.45, 7) is 7.25. The van der Waals surface area contributed by atoms with Crippen molar-refractivity contribution in [2.75, 3.05) is 19.8 Å². The minimum absolute atomic E-state index is 0.377. The quantitative estimate of drug-likeness (QED) is 0.841. The third kappa shape index (κ3) is 4.31. The first kappa shape index (κ1) is 13.4. The second kappa shape index (κ2) is 6.75. The molecule has 0 aliphatic carbocycles. The zero-order valence-electron chi connectivity index (χ0n) is 11.1. The van der Waals surface area contributed by atoms with Crippen LogP contribution in [0.25, 0.3) is 0 Å². The SMILES string of the molecule is CC(C)NCc1coc(OCC2CCOCC2)n1. The molecule has 2 rings (SSSR count). The zero-order valence-corrected chi connectivity index (χ0v) is 11.1. The van der Waals surface area contributed by atoms with E-state index in [1.165, 1.54) is 0 Å². The Hall–Kier alpha value is -1.07. The van der Waals surface area contributed by atoms with Gasteiger partial charge in [0.05, 0.1) is 12.3 Å². The minimum atomic E-state index is 0.377. The minimum Gasteiger partial charge on any atom is -0.450 e. The molecule has 0 amide bonds. The van der Waals surface area contributed by atoms with Gasteiger partial charge in [-0.2, -0.15) is 4.98 Å². The van der Waals surface area contributed by atoms with Crippen molar-refractivity contribution >= 4 is 0 Å². The van der Waals surface area contributed by atoms with Crippen LogP contribution in [-0.2, 0) is 11.3 Å². The van der Waals surface area contributed by atoms with Crippen LogP contribution >= 0.6 is 0 Å². The fourth-order valence-corrected chi connectivity index (χ4v) is 1.85. The van der Waals surface area contributed by atoms with Crippen molar-refractivity contribution in [1.82, 2.24) is 10.3 Å². The van der Waals surface area contributed by atoms with Gasteiger partial charge in [-0.25, -0.2) is 0 Å². The topological polar surface area (TPSA) is 56.5 Å². The van der Waals surface area contributed by atoms with Crippen LogP contribution < -0.4 is 10.1 Å². The Labute approximate surface area is 108 Å². The summed E-state index contributed by atoms with van der Waals surface area (Å²) in [6.07, 6.45) is 4.14. The Balaban J connectivity index is 1.72. The maximum Gasteiger partial charge on any atom is 0.393 e. The highest BCUT2D eigenvalue weighted by atomic mass is 16.6. The molecule has 0 aromatic carbocycles. The highest BCUT2D eigenvalue weighted by Gasteiger charge is 2.15. The molecule has 5 nitrogen and oxygen atoms in total. The van der Waals surface area contributed by atoms with Gasteiger partial charge in [0, 0.05) is 25.8 Å². The number of nitrogens with one attached hydrogen (secondary N) is 1. The third-order valence-corrected chi connectivity index (χ3v) is 3.01. The average molecular weight is 254 g/mol. The Morgan fingerprint density at radius 3 is 2.94 bits per heavy atom. The van der Waals surface area contributed by atoms with Crippen molar-refractivity contribution in [3.8, 4) is 6.08 Å². The molecule has 0 radical (unpaired) electrons. The van der Waals surface area contributed by atoms with Gasteiger partial charge in [-0.3, -0.25) is 0 Å².